The van der Waals surface area contributed by atoms with Gasteiger partial charge in [-0.05, 0) is 55.5 Å². The van der Waals surface area contributed by atoms with Crippen molar-refractivity contribution in [1.29, 1.82) is 0 Å². The number of anilines is 1. The molecule has 1 aromatic rings. The van der Waals surface area contributed by atoms with Gasteiger partial charge in [-0.1, -0.05) is 12.8 Å². The van der Waals surface area contributed by atoms with Crippen LogP contribution in [0.5, 0.6) is 0 Å². The third-order valence-corrected chi connectivity index (χ3v) is 4.79. The molecule has 1 aliphatic carbocycles. The summed E-state index contributed by atoms with van der Waals surface area (Å²) in [5.41, 5.74) is 8.34. The molecule has 1 heterocycles. The second-order valence-corrected chi connectivity index (χ2v) is 6.28. The summed E-state index contributed by atoms with van der Waals surface area (Å²) < 4.78 is 0. The van der Waals surface area contributed by atoms with Gasteiger partial charge in [0.2, 0.25) is 5.91 Å². The van der Waals surface area contributed by atoms with Crippen molar-refractivity contribution < 1.29 is 9.59 Å². The molecule has 1 aromatic carbocycles. The molecule has 2 aliphatic rings. The molecule has 1 saturated carbocycles. The van der Waals surface area contributed by atoms with E-state index < -0.39 is 0 Å². The minimum atomic E-state index is -0.0370. The van der Waals surface area contributed by atoms with Crippen LogP contribution >= 0.6 is 0 Å². The van der Waals surface area contributed by atoms with Gasteiger partial charge < -0.3 is 16.4 Å². The first kappa shape index (κ1) is 15.0. The number of carbonyl (C=O) groups is 2. The van der Waals surface area contributed by atoms with Crippen LogP contribution in [0.3, 0.4) is 0 Å². The molecule has 5 nitrogen and oxygen atoms in total. The lowest BCUT2D eigenvalue weighted by Gasteiger charge is -2.31. The van der Waals surface area contributed by atoms with Crippen LogP contribution in [0.1, 0.15) is 48.0 Å². The van der Waals surface area contributed by atoms with Gasteiger partial charge >= 0.3 is 0 Å². The van der Waals surface area contributed by atoms with E-state index in [2.05, 4.69) is 10.6 Å². The van der Waals surface area contributed by atoms with Crippen molar-refractivity contribution in [2.24, 2.45) is 11.7 Å². The fourth-order valence-corrected chi connectivity index (χ4v) is 3.46. The fraction of sp³-hybridized carbons (Fsp3) is 0.529. The molecule has 2 unspecified atom stereocenters. The standard InChI is InChI=1S/C17H23N3O2/c18-10-13-3-1-2-4-14(13)20-17(22)12-5-7-15-11(9-12)6-8-16(21)19-15/h5,7,9,13-14H,1-4,6,8,10,18H2,(H,19,21)(H,20,22). The number of nitrogens with two attached hydrogens (primary N) is 1. The van der Waals surface area contributed by atoms with Gasteiger partial charge in [-0.15, -0.1) is 0 Å². The zero-order valence-corrected chi connectivity index (χ0v) is 12.7. The van der Waals surface area contributed by atoms with Crippen LogP contribution in [-0.2, 0) is 11.2 Å². The largest absolute Gasteiger partial charge is 0.349 e. The summed E-state index contributed by atoms with van der Waals surface area (Å²) in [4.78, 5) is 23.9. The average molecular weight is 301 g/mol. The van der Waals surface area contributed by atoms with E-state index in [0.717, 1.165) is 30.5 Å². The topological polar surface area (TPSA) is 84.2 Å². The number of carbonyl (C=O) groups excluding carboxylic acids is 2. The monoisotopic (exact) mass is 301 g/mol. The Morgan fingerprint density at radius 3 is 2.91 bits per heavy atom. The molecule has 3 rings (SSSR count). The predicted octanol–water partition coefficient (Wildman–Crippen LogP) is 1.82. The third-order valence-electron chi connectivity index (χ3n) is 4.79. The molecule has 118 valence electrons. The van der Waals surface area contributed by atoms with E-state index in [0.29, 0.717) is 30.9 Å². The van der Waals surface area contributed by atoms with Crippen LogP contribution in [-0.4, -0.2) is 24.4 Å². The number of rotatable bonds is 3. The van der Waals surface area contributed by atoms with E-state index in [1.165, 1.54) is 6.42 Å². The van der Waals surface area contributed by atoms with Crippen LogP contribution < -0.4 is 16.4 Å². The van der Waals surface area contributed by atoms with Crippen LogP contribution in [0, 0.1) is 5.92 Å². The molecule has 1 aliphatic heterocycles. The summed E-state index contributed by atoms with van der Waals surface area (Å²) in [6.45, 7) is 0.626. The third kappa shape index (κ3) is 3.14. The highest BCUT2D eigenvalue weighted by atomic mass is 16.2. The molecule has 0 radical (unpaired) electrons. The van der Waals surface area contributed by atoms with Crippen LogP contribution in [0.15, 0.2) is 18.2 Å². The first-order chi connectivity index (χ1) is 10.7. The number of hydrogen-bond donors (Lipinski definition) is 3. The number of fused-ring (bicyclic) bond motifs is 1. The molecular formula is C17H23N3O2. The summed E-state index contributed by atoms with van der Waals surface area (Å²) >= 11 is 0. The van der Waals surface area contributed by atoms with Crippen molar-refractivity contribution in [3.05, 3.63) is 29.3 Å². The summed E-state index contributed by atoms with van der Waals surface area (Å²) in [5.74, 6) is 0.386. The molecule has 5 heteroatoms. The van der Waals surface area contributed by atoms with Gasteiger partial charge in [0.25, 0.3) is 5.91 Å². The van der Waals surface area contributed by atoms with Crippen molar-refractivity contribution in [2.75, 3.05) is 11.9 Å². The summed E-state index contributed by atoms with van der Waals surface area (Å²) in [7, 11) is 0. The Morgan fingerprint density at radius 2 is 2.09 bits per heavy atom. The van der Waals surface area contributed by atoms with E-state index in [-0.39, 0.29) is 17.9 Å². The zero-order valence-electron chi connectivity index (χ0n) is 12.7. The zero-order chi connectivity index (χ0) is 15.5. The Morgan fingerprint density at radius 1 is 1.27 bits per heavy atom. The lowest BCUT2D eigenvalue weighted by atomic mass is 9.84. The van der Waals surface area contributed by atoms with Gasteiger partial charge in [0.15, 0.2) is 0 Å². The Hall–Kier alpha value is -1.88. The molecule has 0 saturated heterocycles. The van der Waals surface area contributed by atoms with Crippen molar-refractivity contribution in [1.82, 2.24) is 5.32 Å². The SMILES string of the molecule is NCC1CCCCC1NC(=O)c1ccc2c(c1)CCC(=O)N2. The molecular weight excluding hydrogens is 278 g/mol. The lowest BCUT2D eigenvalue weighted by molar-refractivity contribution is -0.116. The summed E-state index contributed by atoms with van der Waals surface area (Å²) in [6.07, 6.45) is 5.63. The normalized spacial score (nSPS) is 24.3. The number of nitrogens with one attached hydrogen (secondary N) is 2. The van der Waals surface area contributed by atoms with E-state index in [9.17, 15) is 9.59 Å². The van der Waals surface area contributed by atoms with Crippen molar-refractivity contribution in [2.45, 2.75) is 44.6 Å². The highest BCUT2D eigenvalue weighted by Crippen LogP contribution is 2.26. The van der Waals surface area contributed by atoms with Crippen molar-refractivity contribution in [3.8, 4) is 0 Å². The Bertz CT molecular complexity index is 585. The molecule has 2 atom stereocenters. The van der Waals surface area contributed by atoms with Gasteiger partial charge in [0.1, 0.15) is 0 Å². The molecule has 0 aromatic heterocycles. The Balaban J connectivity index is 1.71. The van der Waals surface area contributed by atoms with Crippen LogP contribution in [0.25, 0.3) is 0 Å². The second-order valence-electron chi connectivity index (χ2n) is 6.28. The smallest absolute Gasteiger partial charge is 0.251 e. The lowest BCUT2D eigenvalue weighted by Crippen LogP contribution is -2.44. The Kier molecular flexibility index (Phi) is 4.43. The molecule has 22 heavy (non-hydrogen) atoms. The maximum Gasteiger partial charge on any atom is 0.251 e. The maximum absolute atomic E-state index is 12.5. The van der Waals surface area contributed by atoms with E-state index in [1.54, 1.807) is 6.07 Å². The number of aryl methyl sites for hydroxylation is 1. The van der Waals surface area contributed by atoms with Crippen LogP contribution in [0.2, 0.25) is 0 Å². The molecule has 4 N–H and O–H groups in total. The fourth-order valence-electron chi connectivity index (χ4n) is 3.46. The quantitative estimate of drug-likeness (QED) is 0.796. The summed E-state index contributed by atoms with van der Waals surface area (Å²) in [6, 6.07) is 5.68. The predicted molar refractivity (Wildman–Crippen MR) is 85.7 cm³/mol. The van der Waals surface area contributed by atoms with Gasteiger partial charge in [0.05, 0.1) is 0 Å². The minimum Gasteiger partial charge on any atom is -0.349 e. The molecule has 2 amide bonds. The van der Waals surface area contributed by atoms with Gasteiger partial charge in [-0.2, -0.15) is 0 Å². The maximum atomic E-state index is 12.5. The van der Waals surface area contributed by atoms with Crippen LogP contribution in [0.4, 0.5) is 5.69 Å². The highest BCUT2D eigenvalue weighted by molar-refractivity contribution is 5.98. The van der Waals surface area contributed by atoms with E-state index in [4.69, 9.17) is 5.73 Å². The van der Waals surface area contributed by atoms with E-state index in [1.807, 2.05) is 12.1 Å². The number of amides is 2. The average Bonchev–Trinajstić information content (AvgIpc) is 2.54. The first-order valence-electron chi connectivity index (χ1n) is 8.11. The minimum absolute atomic E-state index is 0.0370. The Labute approximate surface area is 130 Å². The molecule has 0 bridgehead atoms. The molecule has 1 fully saturated rings. The number of benzene rings is 1. The van der Waals surface area contributed by atoms with Gasteiger partial charge in [-0.3, -0.25) is 9.59 Å². The van der Waals surface area contributed by atoms with Crippen molar-refractivity contribution >= 4 is 17.5 Å². The van der Waals surface area contributed by atoms with E-state index >= 15 is 0 Å². The number of hydrogen-bond acceptors (Lipinski definition) is 3. The van der Waals surface area contributed by atoms with Gasteiger partial charge in [0, 0.05) is 23.7 Å². The highest BCUT2D eigenvalue weighted by Gasteiger charge is 2.26. The second kappa shape index (κ2) is 6.48. The van der Waals surface area contributed by atoms with Gasteiger partial charge in [-0.25, -0.2) is 0 Å². The first-order valence-corrected chi connectivity index (χ1v) is 8.11. The molecule has 0 spiro atoms. The summed E-state index contributed by atoms with van der Waals surface area (Å²) in [5, 5.41) is 5.98. The van der Waals surface area contributed by atoms with Crippen molar-refractivity contribution in [3.63, 3.8) is 0 Å².